The standard InChI is InChI=1S/C21H24ClN3O2/c1-15(18-9-5-6-10-19(18)22)23-21(27)25-13-11-17(12-14-25)24-20(26)16-7-3-2-4-8-16/h2-10,15,17H,11-14H2,1H3,(H,23,27)(H,24,26)/t15-/m1/s1. The summed E-state index contributed by atoms with van der Waals surface area (Å²) in [6.07, 6.45) is 1.49. The average molecular weight is 386 g/mol. The van der Waals surface area contributed by atoms with Gasteiger partial charge in [-0.1, -0.05) is 48.0 Å². The SMILES string of the molecule is C[C@@H](NC(=O)N1CCC(NC(=O)c2ccccc2)CC1)c1ccccc1Cl. The molecule has 5 nitrogen and oxygen atoms in total. The number of halogens is 1. The van der Waals surface area contributed by atoms with Crippen LogP contribution in [0.4, 0.5) is 4.79 Å². The minimum Gasteiger partial charge on any atom is -0.349 e. The van der Waals surface area contributed by atoms with Crippen molar-refractivity contribution in [3.63, 3.8) is 0 Å². The molecule has 2 aromatic rings. The molecule has 3 rings (SSSR count). The number of rotatable bonds is 4. The van der Waals surface area contributed by atoms with Gasteiger partial charge in [-0.05, 0) is 43.5 Å². The van der Waals surface area contributed by atoms with Gasteiger partial charge in [-0.3, -0.25) is 4.79 Å². The molecule has 0 aliphatic carbocycles. The molecule has 0 bridgehead atoms. The molecule has 0 radical (unpaired) electrons. The maximum atomic E-state index is 12.5. The number of carbonyl (C=O) groups is 2. The number of likely N-dealkylation sites (tertiary alicyclic amines) is 1. The van der Waals surface area contributed by atoms with Gasteiger partial charge in [-0.25, -0.2) is 4.79 Å². The molecule has 2 N–H and O–H groups in total. The summed E-state index contributed by atoms with van der Waals surface area (Å²) in [5, 5.41) is 6.70. The van der Waals surface area contributed by atoms with E-state index in [-0.39, 0.29) is 24.0 Å². The molecule has 0 unspecified atom stereocenters. The maximum Gasteiger partial charge on any atom is 0.317 e. The third kappa shape index (κ3) is 5.01. The topological polar surface area (TPSA) is 61.4 Å². The molecular formula is C21H24ClN3O2. The number of urea groups is 1. The molecule has 1 fully saturated rings. The molecule has 1 saturated heterocycles. The Morgan fingerprint density at radius 1 is 1.04 bits per heavy atom. The number of hydrogen-bond acceptors (Lipinski definition) is 2. The van der Waals surface area contributed by atoms with Gasteiger partial charge in [0.05, 0.1) is 6.04 Å². The zero-order valence-electron chi connectivity index (χ0n) is 15.3. The number of nitrogens with one attached hydrogen (secondary N) is 2. The van der Waals surface area contributed by atoms with Crippen molar-refractivity contribution in [1.29, 1.82) is 0 Å². The molecule has 3 amide bonds. The van der Waals surface area contributed by atoms with E-state index in [1.54, 1.807) is 17.0 Å². The Balaban J connectivity index is 1.48. The van der Waals surface area contributed by atoms with Gasteiger partial charge in [0.2, 0.25) is 0 Å². The predicted molar refractivity (Wildman–Crippen MR) is 107 cm³/mol. The molecule has 6 heteroatoms. The van der Waals surface area contributed by atoms with Crippen LogP contribution >= 0.6 is 11.6 Å². The average Bonchev–Trinajstić information content (AvgIpc) is 2.69. The molecule has 27 heavy (non-hydrogen) atoms. The molecule has 0 aromatic heterocycles. The van der Waals surface area contributed by atoms with Crippen molar-refractivity contribution in [2.75, 3.05) is 13.1 Å². The van der Waals surface area contributed by atoms with Gasteiger partial charge in [0.1, 0.15) is 0 Å². The summed E-state index contributed by atoms with van der Waals surface area (Å²) in [6, 6.07) is 16.5. The van der Waals surface area contributed by atoms with Crippen molar-refractivity contribution in [3.8, 4) is 0 Å². The van der Waals surface area contributed by atoms with Gasteiger partial charge in [0, 0.05) is 29.7 Å². The van der Waals surface area contributed by atoms with Crippen molar-refractivity contribution >= 4 is 23.5 Å². The summed E-state index contributed by atoms with van der Waals surface area (Å²) >= 11 is 6.20. The molecule has 2 aromatic carbocycles. The molecule has 1 aliphatic rings. The summed E-state index contributed by atoms with van der Waals surface area (Å²) in [5.74, 6) is -0.0640. The van der Waals surface area contributed by atoms with Gasteiger partial charge in [0.25, 0.3) is 5.91 Å². The van der Waals surface area contributed by atoms with Gasteiger partial charge in [0.15, 0.2) is 0 Å². The van der Waals surface area contributed by atoms with Crippen LogP contribution in [0.15, 0.2) is 54.6 Å². The lowest BCUT2D eigenvalue weighted by Crippen LogP contribution is -2.49. The third-order valence-corrected chi connectivity index (χ3v) is 5.21. The Morgan fingerprint density at radius 2 is 1.67 bits per heavy atom. The monoisotopic (exact) mass is 385 g/mol. The van der Waals surface area contributed by atoms with Crippen LogP contribution in [0.3, 0.4) is 0 Å². The van der Waals surface area contributed by atoms with Gasteiger partial charge in [-0.15, -0.1) is 0 Å². The van der Waals surface area contributed by atoms with Crippen LogP contribution in [0.1, 0.15) is 41.7 Å². The minimum absolute atomic E-state index is 0.0640. The summed E-state index contributed by atoms with van der Waals surface area (Å²) in [4.78, 5) is 26.6. The van der Waals surface area contributed by atoms with Crippen molar-refractivity contribution in [3.05, 3.63) is 70.7 Å². The van der Waals surface area contributed by atoms with Crippen LogP contribution in [0, 0.1) is 0 Å². The second-order valence-electron chi connectivity index (χ2n) is 6.79. The lowest BCUT2D eigenvalue weighted by atomic mass is 10.0. The highest BCUT2D eigenvalue weighted by Crippen LogP contribution is 2.22. The first-order chi connectivity index (χ1) is 13.0. The van der Waals surface area contributed by atoms with Crippen LogP contribution < -0.4 is 10.6 Å². The highest BCUT2D eigenvalue weighted by molar-refractivity contribution is 6.31. The van der Waals surface area contributed by atoms with Crippen LogP contribution in [-0.2, 0) is 0 Å². The summed E-state index contributed by atoms with van der Waals surface area (Å²) in [6.45, 7) is 3.15. The molecule has 0 saturated carbocycles. The van der Waals surface area contributed by atoms with Crippen molar-refractivity contribution in [1.82, 2.24) is 15.5 Å². The second kappa shape index (κ2) is 8.91. The second-order valence-corrected chi connectivity index (χ2v) is 7.20. The van der Waals surface area contributed by atoms with E-state index < -0.39 is 0 Å². The largest absolute Gasteiger partial charge is 0.349 e. The summed E-state index contributed by atoms with van der Waals surface area (Å²) in [7, 11) is 0. The van der Waals surface area contributed by atoms with E-state index in [4.69, 9.17) is 11.6 Å². The quantitative estimate of drug-likeness (QED) is 0.835. The fraction of sp³-hybridized carbons (Fsp3) is 0.333. The Bertz CT molecular complexity index is 789. The molecule has 0 spiro atoms. The Hall–Kier alpha value is -2.53. The Morgan fingerprint density at radius 3 is 2.33 bits per heavy atom. The van der Waals surface area contributed by atoms with E-state index in [1.165, 1.54) is 0 Å². The fourth-order valence-electron chi connectivity index (χ4n) is 3.27. The van der Waals surface area contributed by atoms with Gasteiger partial charge >= 0.3 is 6.03 Å². The van der Waals surface area contributed by atoms with Crippen LogP contribution in [0.2, 0.25) is 5.02 Å². The molecule has 1 heterocycles. The molecular weight excluding hydrogens is 362 g/mol. The number of carbonyl (C=O) groups excluding carboxylic acids is 2. The zero-order chi connectivity index (χ0) is 19.2. The smallest absolute Gasteiger partial charge is 0.317 e. The predicted octanol–water partition coefficient (Wildman–Crippen LogP) is 4.01. The van der Waals surface area contributed by atoms with Gasteiger partial charge in [-0.2, -0.15) is 0 Å². The van der Waals surface area contributed by atoms with Gasteiger partial charge < -0.3 is 15.5 Å². The maximum absolute atomic E-state index is 12.5. The minimum atomic E-state index is -0.165. The molecule has 1 aliphatic heterocycles. The van der Waals surface area contributed by atoms with E-state index in [9.17, 15) is 9.59 Å². The van der Waals surface area contributed by atoms with E-state index in [0.717, 1.165) is 18.4 Å². The molecule has 142 valence electrons. The first-order valence-electron chi connectivity index (χ1n) is 9.20. The Kier molecular flexibility index (Phi) is 6.35. The van der Waals surface area contributed by atoms with E-state index in [1.807, 2.05) is 49.4 Å². The first kappa shape index (κ1) is 19.2. The zero-order valence-corrected chi connectivity index (χ0v) is 16.1. The fourth-order valence-corrected chi connectivity index (χ4v) is 3.57. The van der Waals surface area contributed by atoms with Crippen LogP contribution in [0.25, 0.3) is 0 Å². The van der Waals surface area contributed by atoms with Crippen LogP contribution in [0.5, 0.6) is 0 Å². The highest BCUT2D eigenvalue weighted by atomic mass is 35.5. The number of piperidine rings is 1. The summed E-state index contributed by atoms with van der Waals surface area (Å²) < 4.78 is 0. The normalized spacial score (nSPS) is 15.9. The first-order valence-corrected chi connectivity index (χ1v) is 9.58. The van der Waals surface area contributed by atoms with Crippen molar-refractivity contribution in [2.24, 2.45) is 0 Å². The van der Waals surface area contributed by atoms with Crippen molar-refractivity contribution < 1.29 is 9.59 Å². The number of amides is 3. The number of nitrogens with zero attached hydrogens (tertiary/aromatic N) is 1. The van der Waals surface area contributed by atoms with Crippen molar-refractivity contribution in [2.45, 2.75) is 31.8 Å². The number of hydrogen-bond donors (Lipinski definition) is 2. The number of benzene rings is 2. The summed E-state index contributed by atoms with van der Waals surface area (Å²) in [5.41, 5.74) is 1.56. The lowest BCUT2D eigenvalue weighted by Gasteiger charge is -2.33. The Labute approximate surface area is 164 Å². The van der Waals surface area contributed by atoms with Crippen LogP contribution in [-0.4, -0.2) is 36.0 Å². The lowest BCUT2D eigenvalue weighted by molar-refractivity contribution is 0.0917. The highest BCUT2D eigenvalue weighted by Gasteiger charge is 2.25. The van der Waals surface area contributed by atoms with E-state index in [0.29, 0.717) is 23.7 Å². The van der Waals surface area contributed by atoms with E-state index in [2.05, 4.69) is 10.6 Å². The van der Waals surface area contributed by atoms with E-state index >= 15 is 0 Å². The molecule has 1 atom stereocenters. The third-order valence-electron chi connectivity index (χ3n) is 4.87.